The van der Waals surface area contributed by atoms with Crippen molar-refractivity contribution in [1.29, 1.82) is 5.26 Å². The largest absolute Gasteiger partial charge is 0.294 e. The van der Waals surface area contributed by atoms with Crippen LogP contribution >= 0.6 is 31.9 Å². The fraction of sp³-hybridized carbons (Fsp3) is 0.111. The quantitative estimate of drug-likeness (QED) is 0.747. The highest BCUT2D eigenvalue weighted by atomic mass is 79.9. The summed E-state index contributed by atoms with van der Waals surface area (Å²) in [6.45, 7) is 1.47. The summed E-state index contributed by atoms with van der Waals surface area (Å²) < 4.78 is 1.29. The zero-order valence-corrected chi connectivity index (χ0v) is 9.94. The molecular formula is C9H5Br2NO. The number of nitrogens with zero attached hydrogens (tertiary/aromatic N) is 1. The average Bonchev–Trinajstić information content (AvgIpc) is 2.08. The summed E-state index contributed by atoms with van der Waals surface area (Å²) in [6.07, 6.45) is 0. The summed E-state index contributed by atoms with van der Waals surface area (Å²) in [7, 11) is 0. The molecule has 0 spiro atoms. The van der Waals surface area contributed by atoms with Crippen molar-refractivity contribution in [2.45, 2.75) is 6.92 Å². The van der Waals surface area contributed by atoms with Crippen molar-refractivity contribution >= 4 is 37.6 Å². The van der Waals surface area contributed by atoms with Gasteiger partial charge in [-0.15, -0.1) is 0 Å². The monoisotopic (exact) mass is 301 g/mol. The van der Waals surface area contributed by atoms with Crippen LogP contribution in [0.1, 0.15) is 22.8 Å². The van der Waals surface area contributed by atoms with Crippen molar-refractivity contribution in [2.24, 2.45) is 0 Å². The second kappa shape index (κ2) is 4.03. The van der Waals surface area contributed by atoms with Gasteiger partial charge in [0.05, 0.1) is 5.56 Å². The smallest absolute Gasteiger partial charge is 0.161 e. The lowest BCUT2D eigenvalue weighted by Crippen LogP contribution is -1.95. The van der Waals surface area contributed by atoms with E-state index < -0.39 is 0 Å². The van der Waals surface area contributed by atoms with Crippen LogP contribution in [0.3, 0.4) is 0 Å². The lowest BCUT2D eigenvalue weighted by atomic mass is 10.1. The molecule has 13 heavy (non-hydrogen) atoms. The van der Waals surface area contributed by atoms with Crippen molar-refractivity contribution in [1.82, 2.24) is 0 Å². The van der Waals surface area contributed by atoms with E-state index in [-0.39, 0.29) is 5.78 Å². The summed E-state index contributed by atoms with van der Waals surface area (Å²) >= 11 is 6.44. The third-order valence-electron chi connectivity index (χ3n) is 1.54. The van der Waals surface area contributed by atoms with Gasteiger partial charge in [0.25, 0.3) is 0 Å². The molecule has 0 unspecified atom stereocenters. The Bertz CT molecular complexity index is 407. The van der Waals surface area contributed by atoms with Gasteiger partial charge in [-0.1, -0.05) is 15.9 Å². The van der Waals surface area contributed by atoms with Gasteiger partial charge in [0.2, 0.25) is 0 Å². The van der Waals surface area contributed by atoms with E-state index in [4.69, 9.17) is 5.26 Å². The Morgan fingerprint density at radius 3 is 2.54 bits per heavy atom. The number of rotatable bonds is 1. The summed E-state index contributed by atoms with van der Waals surface area (Å²) in [5, 5.41) is 8.74. The van der Waals surface area contributed by atoms with Crippen LogP contribution in [0.15, 0.2) is 21.1 Å². The van der Waals surface area contributed by atoms with E-state index in [1.807, 2.05) is 6.07 Å². The Morgan fingerprint density at radius 1 is 1.46 bits per heavy atom. The van der Waals surface area contributed by atoms with E-state index >= 15 is 0 Å². The van der Waals surface area contributed by atoms with Crippen LogP contribution in [0.2, 0.25) is 0 Å². The number of carbonyl (C=O) groups excluding carboxylic acids is 1. The first-order chi connectivity index (χ1) is 6.06. The molecule has 0 aliphatic heterocycles. The van der Waals surface area contributed by atoms with E-state index in [2.05, 4.69) is 31.9 Å². The third kappa shape index (κ3) is 2.17. The number of halogens is 2. The van der Waals surface area contributed by atoms with Gasteiger partial charge in [-0.25, -0.2) is 0 Å². The Balaban J connectivity index is 3.47. The van der Waals surface area contributed by atoms with Crippen LogP contribution in [-0.4, -0.2) is 5.78 Å². The maximum absolute atomic E-state index is 11.1. The van der Waals surface area contributed by atoms with Crippen molar-refractivity contribution in [3.63, 3.8) is 0 Å². The minimum absolute atomic E-state index is 0.0651. The van der Waals surface area contributed by atoms with Crippen LogP contribution in [-0.2, 0) is 0 Å². The van der Waals surface area contributed by atoms with E-state index in [1.165, 1.54) is 6.92 Å². The Labute approximate surface area is 92.8 Å². The van der Waals surface area contributed by atoms with E-state index in [9.17, 15) is 4.79 Å². The zero-order valence-electron chi connectivity index (χ0n) is 6.77. The molecule has 0 fully saturated rings. The maximum Gasteiger partial charge on any atom is 0.161 e. The molecule has 0 amide bonds. The first kappa shape index (κ1) is 10.4. The highest BCUT2D eigenvalue weighted by molar-refractivity contribution is 9.11. The molecule has 0 saturated heterocycles. The van der Waals surface area contributed by atoms with Gasteiger partial charge in [0.15, 0.2) is 5.78 Å². The summed E-state index contributed by atoms with van der Waals surface area (Å²) in [6, 6.07) is 5.35. The van der Waals surface area contributed by atoms with Gasteiger partial charge in [0, 0.05) is 14.5 Å². The fourth-order valence-electron chi connectivity index (χ4n) is 0.927. The second-order valence-corrected chi connectivity index (χ2v) is 4.19. The molecule has 1 aromatic rings. The second-order valence-electron chi connectivity index (χ2n) is 2.48. The van der Waals surface area contributed by atoms with Gasteiger partial charge >= 0.3 is 0 Å². The number of carbonyl (C=O) groups is 1. The highest BCUT2D eigenvalue weighted by Crippen LogP contribution is 2.26. The standard InChI is InChI=1S/C9H5Br2NO/c1-5(13)8-3-7(10)2-6(4-12)9(8)11/h2-3H,1H3. The Hall–Kier alpha value is -0.660. The van der Waals surface area contributed by atoms with Crippen molar-refractivity contribution in [3.8, 4) is 6.07 Å². The predicted molar refractivity (Wildman–Crippen MR) is 56.6 cm³/mol. The number of Topliss-reactive ketones (excluding diaryl/α,β-unsaturated/α-hetero) is 1. The van der Waals surface area contributed by atoms with Crippen LogP contribution in [0, 0.1) is 11.3 Å². The van der Waals surface area contributed by atoms with Gasteiger partial charge in [-0.3, -0.25) is 4.79 Å². The number of hydrogen-bond donors (Lipinski definition) is 0. The molecule has 0 aromatic heterocycles. The maximum atomic E-state index is 11.1. The summed E-state index contributed by atoms with van der Waals surface area (Å²) in [5.74, 6) is -0.0651. The van der Waals surface area contributed by atoms with Gasteiger partial charge < -0.3 is 0 Å². The van der Waals surface area contributed by atoms with Crippen LogP contribution in [0.25, 0.3) is 0 Å². The molecule has 0 heterocycles. The zero-order chi connectivity index (χ0) is 10.0. The molecule has 0 bridgehead atoms. The molecule has 1 aromatic carbocycles. The fourth-order valence-corrected chi connectivity index (χ4v) is 1.98. The lowest BCUT2D eigenvalue weighted by Gasteiger charge is -2.02. The van der Waals surface area contributed by atoms with E-state index in [0.29, 0.717) is 15.6 Å². The average molecular weight is 303 g/mol. The molecule has 0 atom stereocenters. The molecule has 66 valence electrons. The number of nitriles is 1. The van der Waals surface area contributed by atoms with Gasteiger partial charge in [0.1, 0.15) is 6.07 Å². The minimum Gasteiger partial charge on any atom is -0.294 e. The minimum atomic E-state index is -0.0651. The number of ketones is 1. The van der Waals surface area contributed by atoms with Gasteiger partial charge in [-0.05, 0) is 35.0 Å². The summed E-state index contributed by atoms with van der Waals surface area (Å²) in [5.41, 5.74) is 0.977. The topological polar surface area (TPSA) is 40.9 Å². The van der Waals surface area contributed by atoms with Crippen LogP contribution < -0.4 is 0 Å². The van der Waals surface area contributed by atoms with Gasteiger partial charge in [-0.2, -0.15) is 5.26 Å². The molecule has 0 N–H and O–H groups in total. The number of benzene rings is 1. The first-order valence-electron chi connectivity index (χ1n) is 3.46. The first-order valence-corrected chi connectivity index (χ1v) is 5.05. The molecule has 0 radical (unpaired) electrons. The molecule has 0 aliphatic rings. The van der Waals surface area contributed by atoms with E-state index in [1.54, 1.807) is 12.1 Å². The van der Waals surface area contributed by atoms with Crippen LogP contribution in [0.4, 0.5) is 0 Å². The highest BCUT2D eigenvalue weighted by Gasteiger charge is 2.10. The van der Waals surface area contributed by atoms with Crippen LogP contribution in [0.5, 0.6) is 0 Å². The Kier molecular flexibility index (Phi) is 3.23. The third-order valence-corrected chi connectivity index (χ3v) is 2.85. The summed E-state index contributed by atoms with van der Waals surface area (Å²) in [4.78, 5) is 11.1. The molecule has 4 heteroatoms. The molecule has 1 rings (SSSR count). The molecular weight excluding hydrogens is 298 g/mol. The van der Waals surface area contributed by atoms with Crippen molar-refractivity contribution < 1.29 is 4.79 Å². The molecule has 0 aliphatic carbocycles. The predicted octanol–water partition coefficient (Wildman–Crippen LogP) is 3.29. The molecule has 0 saturated carbocycles. The lowest BCUT2D eigenvalue weighted by molar-refractivity contribution is 0.101. The normalized spacial score (nSPS) is 9.38. The number of hydrogen-bond acceptors (Lipinski definition) is 2. The molecule has 2 nitrogen and oxygen atoms in total. The van der Waals surface area contributed by atoms with Crippen molar-refractivity contribution in [2.75, 3.05) is 0 Å². The Morgan fingerprint density at radius 2 is 2.08 bits per heavy atom. The van der Waals surface area contributed by atoms with E-state index in [0.717, 1.165) is 4.47 Å². The SMILES string of the molecule is CC(=O)c1cc(Br)cc(C#N)c1Br. The van der Waals surface area contributed by atoms with Crippen molar-refractivity contribution in [3.05, 3.63) is 32.2 Å².